The molecule has 0 saturated carbocycles. The van der Waals surface area contributed by atoms with Crippen LogP contribution in [0.4, 0.5) is 5.69 Å². The summed E-state index contributed by atoms with van der Waals surface area (Å²) in [6.07, 6.45) is 1.79. The number of pyridine rings is 1. The molecule has 1 heterocycles. The van der Waals surface area contributed by atoms with Crippen LogP contribution in [0.15, 0.2) is 83.9 Å². The highest BCUT2D eigenvalue weighted by Crippen LogP contribution is 2.17. The van der Waals surface area contributed by atoms with Crippen LogP contribution < -0.4 is 4.72 Å². The van der Waals surface area contributed by atoms with Crippen molar-refractivity contribution in [3.63, 3.8) is 0 Å². The van der Waals surface area contributed by atoms with Crippen molar-refractivity contribution in [3.8, 4) is 0 Å². The molecule has 0 bridgehead atoms. The lowest BCUT2D eigenvalue weighted by molar-refractivity contribution is 0.0573. The van der Waals surface area contributed by atoms with Gasteiger partial charge in [-0.3, -0.25) is 9.71 Å². The molecule has 26 heavy (non-hydrogen) atoms. The normalized spacial score (nSPS) is 10.3. The molecule has 0 spiro atoms. The van der Waals surface area contributed by atoms with E-state index < -0.39 is 16.0 Å². The van der Waals surface area contributed by atoms with Crippen LogP contribution in [0, 0.1) is 6.92 Å². The van der Waals surface area contributed by atoms with E-state index in [2.05, 4.69) is 9.71 Å². The Balaban J connectivity index is 0.000000290. The summed E-state index contributed by atoms with van der Waals surface area (Å²) in [5, 5.41) is 10.7. The van der Waals surface area contributed by atoms with E-state index in [0.717, 1.165) is 5.69 Å². The zero-order chi connectivity index (χ0) is 19.0. The lowest BCUT2D eigenvalue weighted by Crippen LogP contribution is -2.13. The van der Waals surface area contributed by atoms with E-state index in [1.807, 2.05) is 25.1 Å². The number of benzene rings is 2. The van der Waals surface area contributed by atoms with Crippen LogP contribution in [0.3, 0.4) is 0 Å². The number of hydrogen-bond acceptors (Lipinski definition) is 4. The molecule has 2 aromatic carbocycles. The third-order valence-corrected chi connectivity index (χ3v) is 4.61. The van der Waals surface area contributed by atoms with E-state index >= 15 is 0 Å². The maximum Gasteiger partial charge on any atom is 0.386 e. The summed E-state index contributed by atoms with van der Waals surface area (Å²) in [6, 6.07) is 19.1. The number of carbonyl (C=O) groups excluding carboxylic acids is 1. The van der Waals surface area contributed by atoms with Crippen molar-refractivity contribution in [1.29, 1.82) is 0 Å². The molecule has 1 radical (unpaired) electrons. The molecule has 1 aromatic heterocycles. The van der Waals surface area contributed by atoms with E-state index in [9.17, 15) is 18.3 Å². The predicted molar refractivity (Wildman–Crippen MR) is 97.7 cm³/mol. The Hall–Kier alpha value is -3.19. The summed E-state index contributed by atoms with van der Waals surface area (Å²) in [6.45, 7) is 1.97. The van der Waals surface area contributed by atoms with Crippen LogP contribution >= 0.6 is 0 Å². The molecule has 7 heteroatoms. The van der Waals surface area contributed by atoms with Crippen LogP contribution in [0.5, 0.6) is 0 Å². The van der Waals surface area contributed by atoms with Gasteiger partial charge in [0, 0.05) is 17.6 Å². The van der Waals surface area contributed by atoms with Crippen LogP contribution in [0.1, 0.15) is 16.1 Å². The molecular formula is C19H17N2O4S. The molecule has 0 unspecified atom stereocenters. The standard InChI is InChI=1S/C13H10NO4S.C6H7N/c15-13(16)10-5-4-6-11(9-10)14-19(17,18)12-7-2-1-3-8-12;1-6-4-2-3-5-7-6/h1-9,14H;2-5H,1H3. The number of hydrogen-bond donors (Lipinski definition) is 1. The third kappa shape index (κ3) is 5.71. The molecule has 0 aliphatic rings. The highest BCUT2D eigenvalue weighted by Gasteiger charge is 2.14. The van der Waals surface area contributed by atoms with Crippen molar-refractivity contribution in [2.24, 2.45) is 0 Å². The second kappa shape index (κ2) is 8.77. The number of aromatic nitrogens is 1. The molecule has 3 rings (SSSR count). The number of sulfonamides is 1. The van der Waals surface area contributed by atoms with Gasteiger partial charge in [0.1, 0.15) is 0 Å². The summed E-state index contributed by atoms with van der Waals surface area (Å²) < 4.78 is 26.3. The third-order valence-electron chi connectivity index (χ3n) is 3.22. The number of aryl methyl sites for hydroxylation is 1. The number of nitrogens with zero attached hydrogens (tertiary/aromatic N) is 1. The largest absolute Gasteiger partial charge is 0.386 e. The fourth-order valence-electron chi connectivity index (χ4n) is 1.97. The minimum Gasteiger partial charge on any atom is -0.280 e. The van der Waals surface area contributed by atoms with Crippen molar-refractivity contribution in [2.75, 3.05) is 4.72 Å². The summed E-state index contributed by atoms with van der Waals surface area (Å²) in [5.74, 6) is -1.36. The van der Waals surface area contributed by atoms with Gasteiger partial charge in [0.2, 0.25) is 0 Å². The van der Waals surface area contributed by atoms with Gasteiger partial charge < -0.3 is 0 Å². The maximum absolute atomic E-state index is 12.0. The predicted octanol–water partition coefficient (Wildman–Crippen LogP) is 3.45. The van der Waals surface area contributed by atoms with Crippen molar-refractivity contribution in [2.45, 2.75) is 11.8 Å². The minimum absolute atomic E-state index is 0.0896. The zero-order valence-electron chi connectivity index (χ0n) is 14.0. The maximum atomic E-state index is 12.0. The Bertz CT molecular complexity index is 959. The number of nitrogens with one attached hydrogen (secondary N) is 1. The van der Waals surface area contributed by atoms with Gasteiger partial charge in [-0.1, -0.05) is 30.3 Å². The van der Waals surface area contributed by atoms with Crippen LogP contribution in [0.25, 0.3) is 0 Å². The second-order valence-electron chi connectivity index (χ2n) is 5.26. The van der Waals surface area contributed by atoms with Crippen molar-refractivity contribution in [3.05, 3.63) is 90.3 Å². The summed E-state index contributed by atoms with van der Waals surface area (Å²) in [4.78, 5) is 14.8. The quantitative estimate of drug-likeness (QED) is 0.762. The topological polar surface area (TPSA) is 96.0 Å². The molecular weight excluding hydrogens is 352 g/mol. The number of carbonyl (C=O) groups is 1. The lowest BCUT2D eigenvalue weighted by atomic mass is 10.2. The van der Waals surface area contributed by atoms with Crippen molar-refractivity contribution >= 4 is 21.7 Å². The van der Waals surface area contributed by atoms with Crippen LogP contribution in [-0.2, 0) is 15.1 Å². The summed E-state index contributed by atoms with van der Waals surface area (Å²) in [5.41, 5.74) is 1.15. The molecule has 0 amide bonds. The number of anilines is 1. The molecule has 3 aromatic rings. The molecule has 0 fully saturated rings. The van der Waals surface area contributed by atoms with Gasteiger partial charge in [-0.25, -0.2) is 18.3 Å². The van der Waals surface area contributed by atoms with Gasteiger partial charge in [-0.05, 0) is 49.4 Å². The fraction of sp³-hybridized carbons (Fsp3) is 0.0526. The van der Waals surface area contributed by atoms with Crippen LogP contribution in [-0.4, -0.2) is 19.4 Å². The SMILES string of the molecule is Cc1ccccn1.[O]C(=O)c1cccc(NS(=O)(=O)c2ccccc2)c1. The summed E-state index contributed by atoms with van der Waals surface area (Å²) >= 11 is 0. The highest BCUT2D eigenvalue weighted by atomic mass is 32.2. The van der Waals surface area contributed by atoms with Crippen molar-refractivity contribution < 1.29 is 18.3 Å². The first-order valence-electron chi connectivity index (χ1n) is 7.65. The first-order chi connectivity index (χ1) is 12.4. The Kier molecular flexibility index (Phi) is 6.46. The van der Waals surface area contributed by atoms with E-state index in [1.165, 1.54) is 36.4 Å². The Morgan fingerprint density at radius 3 is 2.15 bits per heavy atom. The van der Waals surface area contributed by atoms with E-state index in [-0.39, 0.29) is 16.1 Å². The van der Waals surface area contributed by atoms with Crippen molar-refractivity contribution in [1.82, 2.24) is 4.98 Å². The van der Waals surface area contributed by atoms with E-state index in [1.54, 1.807) is 24.4 Å². The average Bonchev–Trinajstić information content (AvgIpc) is 2.63. The molecule has 1 N–H and O–H groups in total. The first kappa shape index (κ1) is 19.1. The molecule has 133 valence electrons. The lowest BCUT2D eigenvalue weighted by Gasteiger charge is -2.08. The molecule has 0 atom stereocenters. The average molecular weight is 369 g/mol. The first-order valence-corrected chi connectivity index (χ1v) is 9.14. The van der Waals surface area contributed by atoms with Crippen LogP contribution in [0.2, 0.25) is 0 Å². The van der Waals surface area contributed by atoms with Gasteiger partial charge >= 0.3 is 5.97 Å². The Morgan fingerprint density at radius 1 is 0.923 bits per heavy atom. The van der Waals surface area contributed by atoms with Gasteiger partial charge in [-0.2, -0.15) is 0 Å². The molecule has 0 aliphatic heterocycles. The fourth-order valence-corrected chi connectivity index (χ4v) is 3.04. The monoisotopic (exact) mass is 369 g/mol. The summed E-state index contributed by atoms with van der Waals surface area (Å²) in [7, 11) is -3.72. The second-order valence-corrected chi connectivity index (χ2v) is 6.94. The zero-order valence-corrected chi connectivity index (χ0v) is 14.8. The van der Waals surface area contributed by atoms with E-state index in [4.69, 9.17) is 0 Å². The van der Waals surface area contributed by atoms with Gasteiger partial charge in [0.15, 0.2) is 0 Å². The highest BCUT2D eigenvalue weighted by molar-refractivity contribution is 7.92. The van der Waals surface area contributed by atoms with Gasteiger partial charge in [-0.15, -0.1) is 0 Å². The smallest absolute Gasteiger partial charge is 0.280 e. The van der Waals surface area contributed by atoms with Gasteiger partial charge in [0.25, 0.3) is 10.0 Å². The molecule has 0 aliphatic carbocycles. The number of rotatable bonds is 4. The minimum atomic E-state index is -3.72. The molecule has 6 nitrogen and oxygen atoms in total. The Labute approximate surface area is 152 Å². The molecule has 0 saturated heterocycles. The van der Waals surface area contributed by atoms with E-state index in [0.29, 0.717) is 0 Å². The Morgan fingerprint density at radius 2 is 1.62 bits per heavy atom. The van der Waals surface area contributed by atoms with Gasteiger partial charge in [0.05, 0.1) is 10.5 Å².